The Morgan fingerprint density at radius 3 is 2.71 bits per heavy atom. The van der Waals surface area contributed by atoms with Crippen LogP contribution in [0.25, 0.3) is 0 Å². The highest BCUT2D eigenvalue weighted by Gasteiger charge is 2.32. The third-order valence-corrected chi connectivity index (χ3v) is 5.20. The lowest BCUT2D eigenvalue weighted by atomic mass is 9.93. The third kappa shape index (κ3) is 3.31. The Labute approximate surface area is 127 Å². The highest BCUT2D eigenvalue weighted by Crippen LogP contribution is 2.33. The average molecular weight is 289 g/mol. The van der Waals surface area contributed by atoms with Crippen LogP contribution in [0.4, 0.5) is 0 Å². The molecule has 1 aromatic rings. The van der Waals surface area contributed by atoms with Crippen LogP contribution < -0.4 is 0 Å². The molecule has 2 unspecified atom stereocenters. The van der Waals surface area contributed by atoms with Crippen LogP contribution in [0, 0.1) is 5.92 Å². The maximum Gasteiger partial charge on any atom is 0.0947 e. The molecule has 1 fully saturated rings. The number of nitrogens with zero attached hydrogens (tertiary/aromatic N) is 1. The van der Waals surface area contributed by atoms with Crippen LogP contribution in [0.5, 0.6) is 0 Å². The van der Waals surface area contributed by atoms with Gasteiger partial charge in [0, 0.05) is 19.8 Å². The Morgan fingerprint density at radius 2 is 1.95 bits per heavy atom. The zero-order chi connectivity index (χ0) is 14.7. The molecule has 2 atom stereocenters. The summed E-state index contributed by atoms with van der Waals surface area (Å²) in [5, 5.41) is 10.9. The van der Waals surface area contributed by atoms with E-state index in [4.69, 9.17) is 4.74 Å². The minimum atomic E-state index is -0.331. The van der Waals surface area contributed by atoms with Gasteiger partial charge in [0.1, 0.15) is 0 Å². The summed E-state index contributed by atoms with van der Waals surface area (Å²) in [4.78, 5) is 2.51. The van der Waals surface area contributed by atoms with Gasteiger partial charge >= 0.3 is 0 Å². The van der Waals surface area contributed by atoms with Crippen LogP contribution in [0.15, 0.2) is 24.3 Å². The summed E-state index contributed by atoms with van der Waals surface area (Å²) in [5.74, 6) is 0.696. The Morgan fingerprint density at radius 1 is 1.19 bits per heavy atom. The summed E-state index contributed by atoms with van der Waals surface area (Å²) >= 11 is 0. The van der Waals surface area contributed by atoms with Gasteiger partial charge in [0.05, 0.1) is 6.10 Å². The summed E-state index contributed by atoms with van der Waals surface area (Å²) in [5.41, 5.74) is 2.49. The molecule has 0 saturated carbocycles. The molecule has 3 heteroatoms. The molecule has 21 heavy (non-hydrogen) atoms. The van der Waals surface area contributed by atoms with Gasteiger partial charge in [0.15, 0.2) is 0 Å². The molecule has 116 valence electrons. The van der Waals surface area contributed by atoms with Crippen molar-refractivity contribution in [3.8, 4) is 0 Å². The first kappa shape index (κ1) is 15.0. The number of fused-ring (bicyclic) bond motifs is 1. The first-order valence-electron chi connectivity index (χ1n) is 8.28. The smallest absolute Gasteiger partial charge is 0.0947 e. The minimum absolute atomic E-state index is 0.289. The van der Waals surface area contributed by atoms with Crippen molar-refractivity contribution in [3.63, 3.8) is 0 Å². The van der Waals surface area contributed by atoms with Crippen LogP contribution in [0.2, 0.25) is 0 Å². The van der Waals surface area contributed by atoms with Crippen molar-refractivity contribution >= 4 is 0 Å². The molecule has 3 rings (SSSR count). The molecule has 0 bridgehead atoms. The molecule has 3 nitrogen and oxygen atoms in total. The van der Waals surface area contributed by atoms with Crippen molar-refractivity contribution in [1.82, 2.24) is 4.90 Å². The van der Waals surface area contributed by atoms with Gasteiger partial charge < -0.3 is 9.84 Å². The van der Waals surface area contributed by atoms with E-state index in [1.165, 1.54) is 24.8 Å². The number of piperidine rings is 1. The average Bonchev–Trinajstić information content (AvgIpc) is 2.68. The van der Waals surface area contributed by atoms with Gasteiger partial charge in [-0.1, -0.05) is 24.3 Å². The predicted molar refractivity (Wildman–Crippen MR) is 84.3 cm³/mol. The molecule has 1 aliphatic carbocycles. The number of aliphatic hydroxyl groups is 1. The van der Waals surface area contributed by atoms with Crippen molar-refractivity contribution in [1.29, 1.82) is 0 Å². The van der Waals surface area contributed by atoms with Gasteiger partial charge in [0.2, 0.25) is 0 Å². The fourth-order valence-corrected chi connectivity index (χ4v) is 3.99. The monoisotopic (exact) mass is 289 g/mol. The van der Waals surface area contributed by atoms with E-state index in [0.29, 0.717) is 5.92 Å². The zero-order valence-electron chi connectivity index (χ0n) is 13.0. The molecular formula is C18H27NO2. The Hall–Kier alpha value is -0.900. The zero-order valence-corrected chi connectivity index (χ0v) is 13.0. The lowest BCUT2D eigenvalue weighted by Gasteiger charge is -2.39. The second-order valence-corrected chi connectivity index (χ2v) is 6.54. The van der Waals surface area contributed by atoms with Crippen molar-refractivity contribution in [3.05, 3.63) is 35.4 Å². The highest BCUT2D eigenvalue weighted by atomic mass is 16.5. The number of aliphatic hydroxyl groups excluding tert-OH is 1. The maximum atomic E-state index is 10.9. The quantitative estimate of drug-likeness (QED) is 0.869. The van der Waals surface area contributed by atoms with E-state index in [1.807, 2.05) is 0 Å². The van der Waals surface area contributed by atoms with E-state index < -0.39 is 0 Å². The molecule has 1 saturated heterocycles. The van der Waals surface area contributed by atoms with Crippen LogP contribution in [-0.2, 0) is 11.2 Å². The number of benzene rings is 1. The molecule has 0 aromatic heterocycles. The topological polar surface area (TPSA) is 32.7 Å². The SMILES string of the molecule is COCC1CCN(C2CCCc3ccccc3C2O)CC1. The fraction of sp³-hybridized carbons (Fsp3) is 0.667. The number of ether oxygens (including phenoxy) is 1. The van der Waals surface area contributed by atoms with Crippen LogP contribution in [0.1, 0.15) is 42.9 Å². The predicted octanol–water partition coefficient (Wildman–Crippen LogP) is 2.78. The van der Waals surface area contributed by atoms with Gasteiger partial charge in [-0.05, 0) is 62.2 Å². The van der Waals surface area contributed by atoms with Crippen molar-refractivity contribution in [2.24, 2.45) is 5.92 Å². The third-order valence-electron chi connectivity index (χ3n) is 5.20. The van der Waals surface area contributed by atoms with E-state index in [0.717, 1.165) is 38.1 Å². The van der Waals surface area contributed by atoms with E-state index in [-0.39, 0.29) is 12.1 Å². The van der Waals surface area contributed by atoms with Crippen LogP contribution >= 0.6 is 0 Å². The molecule has 0 radical (unpaired) electrons. The van der Waals surface area contributed by atoms with Crippen molar-refractivity contribution in [2.45, 2.75) is 44.2 Å². The second-order valence-electron chi connectivity index (χ2n) is 6.54. The van der Waals surface area contributed by atoms with E-state index in [9.17, 15) is 5.11 Å². The lowest BCUT2D eigenvalue weighted by Crippen LogP contribution is -2.44. The molecule has 1 aromatic carbocycles. The van der Waals surface area contributed by atoms with Gasteiger partial charge in [-0.25, -0.2) is 0 Å². The standard InChI is InChI=1S/C18H27NO2/c1-21-13-14-9-11-19(12-10-14)17-8-4-6-15-5-2-3-7-16(15)18(17)20/h2-3,5,7,14,17-18,20H,4,6,8-13H2,1H3. The Kier molecular flexibility index (Phi) is 4.94. The number of hydrogen-bond acceptors (Lipinski definition) is 3. The van der Waals surface area contributed by atoms with E-state index in [2.05, 4.69) is 29.2 Å². The molecule has 0 amide bonds. The van der Waals surface area contributed by atoms with Crippen LogP contribution in [-0.4, -0.2) is 42.9 Å². The summed E-state index contributed by atoms with van der Waals surface area (Å²) < 4.78 is 5.28. The van der Waals surface area contributed by atoms with Gasteiger partial charge in [-0.3, -0.25) is 4.90 Å². The number of aryl methyl sites for hydroxylation is 1. The van der Waals surface area contributed by atoms with Gasteiger partial charge in [0.25, 0.3) is 0 Å². The molecule has 1 N–H and O–H groups in total. The first-order valence-corrected chi connectivity index (χ1v) is 8.28. The maximum absolute atomic E-state index is 10.9. The second kappa shape index (κ2) is 6.91. The molecule has 1 aliphatic heterocycles. The van der Waals surface area contributed by atoms with Crippen molar-refractivity contribution < 1.29 is 9.84 Å². The summed E-state index contributed by atoms with van der Waals surface area (Å²) in [6.45, 7) is 3.07. The molecular weight excluding hydrogens is 262 g/mol. The molecule has 0 spiro atoms. The number of hydrogen-bond donors (Lipinski definition) is 1. The van der Waals surface area contributed by atoms with Crippen LogP contribution in [0.3, 0.4) is 0 Å². The molecule has 2 aliphatic rings. The first-order chi connectivity index (χ1) is 10.3. The minimum Gasteiger partial charge on any atom is -0.387 e. The Bertz CT molecular complexity index is 454. The summed E-state index contributed by atoms with van der Waals surface area (Å²) in [7, 11) is 1.79. The summed E-state index contributed by atoms with van der Waals surface area (Å²) in [6.07, 6.45) is 5.44. The lowest BCUT2D eigenvalue weighted by molar-refractivity contribution is 0.0147. The highest BCUT2D eigenvalue weighted by molar-refractivity contribution is 5.31. The van der Waals surface area contributed by atoms with Crippen molar-refractivity contribution in [2.75, 3.05) is 26.8 Å². The number of methoxy groups -OCH3 is 1. The Balaban J connectivity index is 1.69. The normalized spacial score (nSPS) is 28.1. The van der Waals surface area contributed by atoms with E-state index in [1.54, 1.807) is 7.11 Å². The fourth-order valence-electron chi connectivity index (χ4n) is 3.99. The number of rotatable bonds is 3. The van der Waals surface area contributed by atoms with Gasteiger partial charge in [-0.15, -0.1) is 0 Å². The number of likely N-dealkylation sites (tertiary alicyclic amines) is 1. The largest absolute Gasteiger partial charge is 0.387 e. The summed E-state index contributed by atoms with van der Waals surface area (Å²) in [6, 6.07) is 8.70. The van der Waals surface area contributed by atoms with Gasteiger partial charge in [-0.2, -0.15) is 0 Å². The molecule has 1 heterocycles. The van der Waals surface area contributed by atoms with E-state index >= 15 is 0 Å².